The molecule has 0 saturated heterocycles. The lowest BCUT2D eigenvalue weighted by Crippen LogP contribution is -2.33. The zero-order valence-corrected chi connectivity index (χ0v) is 16.8. The maximum Gasteiger partial charge on any atom is 0.261 e. The van der Waals surface area contributed by atoms with Crippen LogP contribution in [0.15, 0.2) is 42.6 Å². The number of hydrogen-bond acceptors (Lipinski definition) is 5. The van der Waals surface area contributed by atoms with E-state index < -0.39 is 0 Å². The van der Waals surface area contributed by atoms with Crippen molar-refractivity contribution in [2.24, 2.45) is 5.92 Å². The van der Waals surface area contributed by atoms with E-state index in [1.54, 1.807) is 42.6 Å². The van der Waals surface area contributed by atoms with Crippen molar-refractivity contribution in [2.45, 2.75) is 38.5 Å². The van der Waals surface area contributed by atoms with Crippen molar-refractivity contribution in [3.8, 4) is 5.75 Å². The number of carbonyl (C=O) groups is 3. The molecule has 1 aromatic carbocycles. The van der Waals surface area contributed by atoms with E-state index in [1.807, 2.05) is 0 Å². The molecule has 0 atom stereocenters. The molecule has 0 spiro atoms. The molecule has 7 nitrogen and oxygen atoms in total. The van der Waals surface area contributed by atoms with Crippen molar-refractivity contribution in [1.29, 1.82) is 0 Å². The number of nitrogens with zero attached hydrogens (tertiary/aromatic N) is 2. The van der Waals surface area contributed by atoms with E-state index in [2.05, 4.69) is 10.3 Å². The predicted molar refractivity (Wildman–Crippen MR) is 111 cm³/mol. The van der Waals surface area contributed by atoms with Crippen LogP contribution in [0, 0.1) is 5.92 Å². The average Bonchev–Trinajstić information content (AvgIpc) is 3.02. The first-order valence-electron chi connectivity index (χ1n) is 10.5. The second-order valence-corrected chi connectivity index (χ2v) is 7.77. The lowest BCUT2D eigenvalue weighted by atomic mass is 9.90. The summed E-state index contributed by atoms with van der Waals surface area (Å²) < 4.78 is 5.94. The number of pyridine rings is 1. The largest absolute Gasteiger partial charge is 0.489 e. The molecule has 2 aliphatic rings. The summed E-state index contributed by atoms with van der Waals surface area (Å²) >= 11 is 0. The Balaban J connectivity index is 1.32. The molecule has 1 saturated carbocycles. The SMILES string of the molecule is O=C(CCN1C(=O)c2ccccc2C1=O)Nc1ncccc1OCC1CCCCC1. The first kappa shape index (κ1) is 20.1. The number of amides is 3. The lowest BCUT2D eigenvalue weighted by Gasteiger charge is -2.22. The second-order valence-electron chi connectivity index (χ2n) is 7.77. The van der Waals surface area contributed by atoms with Crippen molar-refractivity contribution in [1.82, 2.24) is 9.88 Å². The van der Waals surface area contributed by atoms with Crippen molar-refractivity contribution in [3.05, 3.63) is 53.7 Å². The minimum atomic E-state index is -0.363. The summed E-state index contributed by atoms with van der Waals surface area (Å²) in [6, 6.07) is 10.2. The van der Waals surface area contributed by atoms with E-state index in [0.717, 1.165) is 4.90 Å². The molecule has 2 aromatic rings. The normalized spacial score (nSPS) is 16.5. The summed E-state index contributed by atoms with van der Waals surface area (Å²) in [6.07, 6.45) is 7.69. The maximum absolute atomic E-state index is 12.5. The number of ether oxygens (including phenoxy) is 1. The molecule has 1 aliphatic heterocycles. The molecular weight excluding hydrogens is 382 g/mol. The molecule has 2 heterocycles. The summed E-state index contributed by atoms with van der Waals surface area (Å²) in [5.74, 6) is 0.386. The maximum atomic E-state index is 12.5. The number of fused-ring (bicyclic) bond motifs is 1. The van der Waals surface area contributed by atoms with Crippen molar-refractivity contribution in [2.75, 3.05) is 18.5 Å². The molecule has 4 rings (SSSR count). The lowest BCUT2D eigenvalue weighted by molar-refractivity contribution is -0.116. The van der Waals surface area contributed by atoms with Crippen molar-refractivity contribution >= 4 is 23.5 Å². The molecule has 0 bridgehead atoms. The number of rotatable bonds is 7. The Morgan fingerprint density at radius 3 is 2.43 bits per heavy atom. The molecule has 7 heteroatoms. The van der Waals surface area contributed by atoms with Crippen LogP contribution in [0.1, 0.15) is 59.2 Å². The summed E-state index contributed by atoms with van der Waals surface area (Å²) in [6.45, 7) is 0.632. The molecule has 156 valence electrons. The Labute approximate surface area is 175 Å². The first-order chi connectivity index (χ1) is 14.6. The van der Waals surface area contributed by atoms with Gasteiger partial charge in [-0.3, -0.25) is 19.3 Å². The molecule has 1 aromatic heterocycles. The molecule has 3 amide bonds. The van der Waals surface area contributed by atoms with E-state index in [-0.39, 0.29) is 30.7 Å². The van der Waals surface area contributed by atoms with Gasteiger partial charge in [-0.15, -0.1) is 0 Å². The standard InChI is InChI=1S/C23H25N3O4/c27-20(12-14-26-22(28)17-9-4-5-10-18(17)23(26)29)25-21-19(11-6-13-24-21)30-15-16-7-2-1-3-8-16/h4-6,9-11,13,16H,1-3,7-8,12,14-15H2,(H,24,25,27). The zero-order chi connectivity index (χ0) is 20.9. The van der Waals surface area contributed by atoms with Gasteiger partial charge in [-0.25, -0.2) is 4.98 Å². The van der Waals surface area contributed by atoms with Gasteiger partial charge in [0.2, 0.25) is 5.91 Å². The highest BCUT2D eigenvalue weighted by atomic mass is 16.5. The van der Waals surface area contributed by atoms with Crippen LogP contribution in [-0.2, 0) is 4.79 Å². The van der Waals surface area contributed by atoms with E-state index in [4.69, 9.17) is 4.74 Å². The van der Waals surface area contributed by atoms with Gasteiger partial charge in [-0.05, 0) is 43.0 Å². The van der Waals surface area contributed by atoms with Crippen LogP contribution in [-0.4, -0.2) is 40.8 Å². The van der Waals surface area contributed by atoms with Gasteiger partial charge in [0.25, 0.3) is 11.8 Å². The van der Waals surface area contributed by atoms with E-state index in [1.165, 1.54) is 32.1 Å². The zero-order valence-electron chi connectivity index (χ0n) is 16.8. The molecule has 30 heavy (non-hydrogen) atoms. The Bertz CT molecular complexity index is 918. The molecule has 1 N–H and O–H groups in total. The van der Waals surface area contributed by atoms with Crippen LogP contribution in [0.25, 0.3) is 0 Å². The quantitative estimate of drug-likeness (QED) is 0.708. The minimum Gasteiger partial charge on any atom is -0.489 e. The number of nitrogens with one attached hydrogen (secondary N) is 1. The van der Waals surface area contributed by atoms with Crippen LogP contribution in [0.2, 0.25) is 0 Å². The van der Waals surface area contributed by atoms with Crippen LogP contribution in [0.5, 0.6) is 5.75 Å². The number of benzene rings is 1. The van der Waals surface area contributed by atoms with Crippen LogP contribution >= 0.6 is 0 Å². The Kier molecular flexibility index (Phi) is 6.07. The van der Waals surface area contributed by atoms with Gasteiger partial charge in [0.15, 0.2) is 11.6 Å². The van der Waals surface area contributed by atoms with Crippen molar-refractivity contribution in [3.63, 3.8) is 0 Å². The van der Waals surface area contributed by atoms with Gasteiger partial charge in [0.1, 0.15) is 0 Å². The topological polar surface area (TPSA) is 88.6 Å². The van der Waals surface area contributed by atoms with Gasteiger partial charge in [0, 0.05) is 19.2 Å². The first-order valence-corrected chi connectivity index (χ1v) is 10.5. The van der Waals surface area contributed by atoms with Crippen LogP contribution in [0.4, 0.5) is 5.82 Å². The van der Waals surface area contributed by atoms with Crippen LogP contribution in [0.3, 0.4) is 0 Å². The monoisotopic (exact) mass is 407 g/mol. The highest BCUT2D eigenvalue weighted by Gasteiger charge is 2.35. The summed E-state index contributed by atoms with van der Waals surface area (Å²) in [7, 11) is 0. The minimum absolute atomic E-state index is 0.00981. The number of imide groups is 1. The third-order valence-electron chi connectivity index (χ3n) is 5.67. The average molecular weight is 407 g/mol. The van der Waals surface area contributed by atoms with Gasteiger partial charge >= 0.3 is 0 Å². The smallest absolute Gasteiger partial charge is 0.261 e. The molecular formula is C23H25N3O4. The summed E-state index contributed by atoms with van der Waals surface area (Å²) in [4.78, 5) is 42.6. The third kappa shape index (κ3) is 4.35. The summed E-state index contributed by atoms with van der Waals surface area (Å²) in [5, 5.41) is 2.75. The highest BCUT2D eigenvalue weighted by molar-refractivity contribution is 6.21. The summed E-state index contributed by atoms with van der Waals surface area (Å²) in [5.41, 5.74) is 0.761. The molecule has 1 aliphatic carbocycles. The number of hydrogen-bond donors (Lipinski definition) is 1. The Morgan fingerprint density at radius 1 is 1.03 bits per heavy atom. The van der Waals surface area contributed by atoms with Gasteiger partial charge in [0.05, 0.1) is 17.7 Å². The second kappa shape index (κ2) is 9.07. The number of carbonyl (C=O) groups excluding carboxylic acids is 3. The fourth-order valence-electron chi connectivity index (χ4n) is 4.01. The van der Waals surface area contributed by atoms with Crippen LogP contribution < -0.4 is 10.1 Å². The number of aromatic nitrogens is 1. The van der Waals surface area contributed by atoms with E-state index >= 15 is 0 Å². The van der Waals surface area contributed by atoms with E-state index in [9.17, 15) is 14.4 Å². The molecule has 0 radical (unpaired) electrons. The molecule has 0 unspecified atom stereocenters. The van der Waals surface area contributed by atoms with E-state index in [0.29, 0.717) is 35.2 Å². The predicted octanol–water partition coefficient (Wildman–Crippen LogP) is 3.67. The fourth-order valence-corrected chi connectivity index (χ4v) is 4.01. The fraction of sp³-hybridized carbons (Fsp3) is 0.391. The van der Waals surface area contributed by atoms with Gasteiger partial charge in [-0.1, -0.05) is 31.4 Å². The third-order valence-corrected chi connectivity index (χ3v) is 5.67. The Morgan fingerprint density at radius 2 is 1.73 bits per heavy atom. The van der Waals surface area contributed by atoms with Gasteiger partial charge < -0.3 is 10.1 Å². The highest BCUT2D eigenvalue weighted by Crippen LogP contribution is 2.27. The molecule has 1 fully saturated rings. The van der Waals surface area contributed by atoms with Gasteiger partial charge in [-0.2, -0.15) is 0 Å². The van der Waals surface area contributed by atoms with Crippen molar-refractivity contribution < 1.29 is 19.1 Å². The number of anilines is 1. The Hall–Kier alpha value is -3.22.